The number of non-ortho nitro benzene ring substituents is 1. The van der Waals surface area contributed by atoms with Gasteiger partial charge in [-0.3, -0.25) is 29.8 Å². The van der Waals surface area contributed by atoms with Gasteiger partial charge in [-0.2, -0.15) is 18.3 Å². The minimum atomic E-state index is -4.62. The van der Waals surface area contributed by atoms with Crippen LogP contribution in [0.4, 0.5) is 30.2 Å². The Morgan fingerprint density at radius 2 is 1.61 bits per heavy atom. The third-order valence-electron chi connectivity index (χ3n) is 4.83. The van der Waals surface area contributed by atoms with Crippen molar-refractivity contribution in [2.24, 2.45) is 5.10 Å². The Kier molecular flexibility index (Phi) is 8.00. The van der Waals surface area contributed by atoms with Crippen molar-refractivity contribution in [3.63, 3.8) is 0 Å². The molecule has 0 unspecified atom stereocenters. The molecule has 3 aromatic rings. The maximum Gasteiger partial charge on any atom is 0.416 e. The van der Waals surface area contributed by atoms with Crippen LogP contribution in [-0.2, 0) is 15.8 Å². The number of benzene rings is 3. The van der Waals surface area contributed by atoms with Crippen LogP contribution in [0.2, 0.25) is 0 Å². The number of carbonyl (C=O) groups is 2. The van der Waals surface area contributed by atoms with E-state index in [-0.39, 0.29) is 22.9 Å². The summed E-state index contributed by atoms with van der Waals surface area (Å²) >= 11 is 0. The Morgan fingerprint density at radius 3 is 2.21 bits per heavy atom. The van der Waals surface area contributed by atoms with E-state index in [1.54, 1.807) is 0 Å². The van der Waals surface area contributed by atoms with Gasteiger partial charge in [0.25, 0.3) is 5.69 Å². The van der Waals surface area contributed by atoms with Crippen LogP contribution in [0.25, 0.3) is 0 Å². The summed E-state index contributed by atoms with van der Waals surface area (Å²) in [6.07, 6.45) is -4.62. The minimum Gasteiger partial charge on any atom is -0.450 e. The first kappa shape index (κ1) is 27.3. The fraction of sp³-hybridized carbons (Fsp3) is 0.0870. The van der Waals surface area contributed by atoms with E-state index in [0.717, 1.165) is 30.3 Å². The van der Waals surface area contributed by atoms with Crippen molar-refractivity contribution in [1.29, 1.82) is 0 Å². The fourth-order valence-corrected chi connectivity index (χ4v) is 2.95. The van der Waals surface area contributed by atoms with Crippen molar-refractivity contribution >= 4 is 34.6 Å². The predicted octanol–water partition coefficient (Wildman–Crippen LogP) is 4.79. The molecule has 196 valence electrons. The lowest BCUT2D eigenvalue weighted by Crippen LogP contribution is -2.33. The zero-order valence-electron chi connectivity index (χ0n) is 19.2. The van der Waals surface area contributed by atoms with Crippen LogP contribution < -0.4 is 15.5 Å². The van der Waals surface area contributed by atoms with Gasteiger partial charge in [0.15, 0.2) is 0 Å². The number of halogens is 3. The largest absolute Gasteiger partial charge is 0.450 e. The molecule has 0 heterocycles. The number of ether oxygens (including phenoxy) is 1. The average Bonchev–Trinajstić information content (AvgIpc) is 2.87. The Hall–Kier alpha value is -5.34. The molecule has 0 aliphatic rings. The first-order valence-electron chi connectivity index (χ1n) is 10.4. The molecule has 0 spiro atoms. The molecule has 0 aliphatic heterocycles. The third-order valence-corrected chi connectivity index (χ3v) is 4.83. The van der Waals surface area contributed by atoms with Gasteiger partial charge in [0, 0.05) is 11.8 Å². The van der Waals surface area contributed by atoms with Crippen LogP contribution in [0.15, 0.2) is 71.8 Å². The van der Waals surface area contributed by atoms with Crippen molar-refractivity contribution in [2.75, 3.05) is 5.32 Å². The van der Waals surface area contributed by atoms with Gasteiger partial charge in [-0.15, -0.1) is 0 Å². The van der Waals surface area contributed by atoms with E-state index in [0.29, 0.717) is 11.6 Å². The predicted molar refractivity (Wildman–Crippen MR) is 127 cm³/mol. The second-order valence-corrected chi connectivity index (χ2v) is 7.46. The van der Waals surface area contributed by atoms with E-state index in [4.69, 9.17) is 4.74 Å². The highest BCUT2D eigenvalue weighted by molar-refractivity contribution is 6.39. The number of amides is 2. The Labute approximate surface area is 211 Å². The summed E-state index contributed by atoms with van der Waals surface area (Å²) in [5, 5.41) is 27.9. The topological polar surface area (TPSA) is 166 Å². The molecule has 0 fully saturated rings. The first-order chi connectivity index (χ1) is 17.8. The zero-order chi connectivity index (χ0) is 28.0. The van der Waals surface area contributed by atoms with Crippen molar-refractivity contribution < 1.29 is 37.3 Å². The van der Waals surface area contributed by atoms with Gasteiger partial charge in [0.2, 0.25) is 5.75 Å². The normalized spacial score (nSPS) is 11.4. The van der Waals surface area contributed by atoms with Crippen LogP contribution >= 0.6 is 0 Å². The maximum absolute atomic E-state index is 12.8. The molecule has 3 rings (SSSR count). The number of hydrogen-bond acceptors (Lipinski definition) is 8. The molecular formula is C23H16F3N5O7. The summed E-state index contributed by atoms with van der Waals surface area (Å²) in [5.41, 5.74) is 0.364. The van der Waals surface area contributed by atoms with E-state index >= 15 is 0 Å². The molecule has 0 aliphatic carbocycles. The Bertz CT molecular complexity index is 1440. The second-order valence-electron chi connectivity index (χ2n) is 7.46. The zero-order valence-corrected chi connectivity index (χ0v) is 19.2. The second kappa shape index (κ2) is 11.2. The van der Waals surface area contributed by atoms with E-state index in [2.05, 4.69) is 5.10 Å². The molecular weight excluding hydrogens is 515 g/mol. The molecule has 2 N–H and O–H groups in total. The smallest absolute Gasteiger partial charge is 0.416 e. The molecule has 2 amide bonds. The van der Waals surface area contributed by atoms with Crippen LogP contribution in [0.1, 0.15) is 18.1 Å². The molecule has 12 nitrogen and oxygen atoms in total. The quantitative estimate of drug-likeness (QED) is 0.191. The molecule has 0 saturated heterocycles. The lowest BCUT2D eigenvalue weighted by Gasteiger charge is -2.09. The Morgan fingerprint density at radius 1 is 0.921 bits per heavy atom. The number of rotatable bonds is 7. The van der Waals surface area contributed by atoms with Gasteiger partial charge in [-0.25, -0.2) is 5.43 Å². The average molecular weight is 531 g/mol. The fourth-order valence-electron chi connectivity index (χ4n) is 2.95. The molecule has 0 bridgehead atoms. The number of nitrogens with one attached hydrogen (secondary N) is 2. The van der Waals surface area contributed by atoms with E-state index in [9.17, 15) is 43.0 Å². The lowest BCUT2D eigenvalue weighted by molar-refractivity contribution is -0.394. The van der Waals surface area contributed by atoms with Gasteiger partial charge in [-0.1, -0.05) is 6.07 Å². The van der Waals surface area contributed by atoms with Gasteiger partial charge in [-0.05, 0) is 61.0 Å². The number of nitrogens with zero attached hydrogens (tertiary/aromatic N) is 3. The van der Waals surface area contributed by atoms with Gasteiger partial charge in [0.1, 0.15) is 5.75 Å². The summed E-state index contributed by atoms with van der Waals surface area (Å²) in [4.78, 5) is 44.5. The summed E-state index contributed by atoms with van der Waals surface area (Å²) in [6.45, 7) is 1.49. The summed E-state index contributed by atoms with van der Waals surface area (Å²) < 4.78 is 43.8. The SMILES string of the molecule is C/C(=N\NC(=O)C(=O)Nc1cccc(C(F)(F)F)c1)c1ccc(Oc2ccc([N+](=O)[O-])cc2[N+](=O)[O-])cc1. The van der Waals surface area contributed by atoms with Crippen molar-refractivity contribution in [3.05, 3.63) is 98.1 Å². The standard InChI is InChI=1S/C23H16F3N5O7/c1-13(28-29-22(33)21(32)27-16-4-2-3-15(11-16)23(24,25)26)14-5-8-18(9-6-14)38-20-10-7-17(30(34)35)12-19(20)31(36)37/h2-12H,1H3,(H,27,32)(H,29,33)/b28-13+. The number of anilines is 1. The van der Waals surface area contributed by atoms with Crippen molar-refractivity contribution in [2.45, 2.75) is 13.1 Å². The number of nitro benzene ring substituents is 2. The summed E-state index contributed by atoms with van der Waals surface area (Å²) in [7, 11) is 0. The molecule has 0 saturated carbocycles. The number of nitro groups is 2. The highest BCUT2D eigenvalue weighted by atomic mass is 19.4. The number of carbonyl (C=O) groups excluding carboxylic acids is 2. The van der Waals surface area contributed by atoms with E-state index < -0.39 is 44.8 Å². The summed E-state index contributed by atoms with van der Waals surface area (Å²) in [6, 6.07) is 12.5. The first-order valence-corrected chi connectivity index (χ1v) is 10.4. The molecule has 15 heteroatoms. The highest BCUT2D eigenvalue weighted by Crippen LogP contribution is 2.34. The molecule has 0 radical (unpaired) electrons. The Balaban J connectivity index is 1.64. The van der Waals surface area contributed by atoms with Gasteiger partial charge < -0.3 is 10.1 Å². The van der Waals surface area contributed by atoms with Gasteiger partial charge in [0.05, 0.1) is 27.2 Å². The minimum absolute atomic E-state index is 0.156. The van der Waals surface area contributed by atoms with Crippen LogP contribution in [0.5, 0.6) is 11.5 Å². The molecule has 3 aromatic carbocycles. The third kappa shape index (κ3) is 6.87. The number of hydrazone groups is 1. The maximum atomic E-state index is 12.8. The van der Waals surface area contributed by atoms with Gasteiger partial charge >= 0.3 is 23.7 Å². The monoisotopic (exact) mass is 531 g/mol. The van der Waals surface area contributed by atoms with Crippen molar-refractivity contribution in [1.82, 2.24) is 5.43 Å². The van der Waals surface area contributed by atoms with Crippen LogP contribution in [-0.4, -0.2) is 27.4 Å². The summed E-state index contributed by atoms with van der Waals surface area (Å²) in [5.74, 6) is -2.54. The van der Waals surface area contributed by atoms with Crippen molar-refractivity contribution in [3.8, 4) is 11.5 Å². The molecule has 0 atom stereocenters. The van der Waals surface area contributed by atoms with Crippen LogP contribution in [0, 0.1) is 20.2 Å². The number of hydrogen-bond donors (Lipinski definition) is 2. The highest BCUT2D eigenvalue weighted by Gasteiger charge is 2.30. The molecule has 0 aromatic heterocycles. The number of alkyl halides is 3. The van der Waals surface area contributed by atoms with E-state index in [1.807, 2.05) is 10.7 Å². The molecule has 38 heavy (non-hydrogen) atoms. The van der Waals surface area contributed by atoms with E-state index in [1.165, 1.54) is 37.3 Å². The van der Waals surface area contributed by atoms with Crippen LogP contribution in [0.3, 0.4) is 0 Å². The lowest BCUT2D eigenvalue weighted by atomic mass is 10.1.